The SMILES string of the molecule is CC(C)/C=C/C(C)C/C=C/OC(=O)Cc1ccccc1. The van der Waals surface area contributed by atoms with Crippen LogP contribution >= 0.6 is 0 Å². The fourth-order valence-electron chi connectivity index (χ4n) is 1.69. The molecule has 0 radical (unpaired) electrons. The van der Waals surface area contributed by atoms with Crippen molar-refractivity contribution in [3.63, 3.8) is 0 Å². The molecule has 0 fully saturated rings. The standard InChI is InChI=1S/C18H24O2/c1-15(2)11-12-16(3)8-7-13-20-18(19)14-17-9-5-4-6-10-17/h4-7,9-13,15-16H,8,14H2,1-3H3/b12-11+,13-7+. The Hall–Kier alpha value is -1.83. The van der Waals surface area contributed by atoms with Crippen LogP contribution < -0.4 is 0 Å². The molecule has 2 heteroatoms. The Kier molecular flexibility index (Phi) is 7.41. The van der Waals surface area contributed by atoms with E-state index in [1.807, 2.05) is 36.4 Å². The highest BCUT2D eigenvalue weighted by Gasteiger charge is 2.02. The van der Waals surface area contributed by atoms with Crippen LogP contribution in [0.3, 0.4) is 0 Å². The van der Waals surface area contributed by atoms with Gasteiger partial charge in [0.1, 0.15) is 0 Å². The zero-order valence-electron chi connectivity index (χ0n) is 12.6. The van der Waals surface area contributed by atoms with Crippen LogP contribution in [0.2, 0.25) is 0 Å². The predicted molar refractivity (Wildman–Crippen MR) is 83.1 cm³/mol. The lowest BCUT2D eigenvalue weighted by Gasteiger charge is -2.03. The Bertz CT molecular complexity index is 444. The lowest BCUT2D eigenvalue weighted by Crippen LogP contribution is -2.03. The lowest BCUT2D eigenvalue weighted by atomic mass is 10.1. The highest BCUT2D eigenvalue weighted by molar-refractivity contribution is 5.73. The molecule has 0 aromatic heterocycles. The van der Waals surface area contributed by atoms with Gasteiger partial charge in [-0.25, -0.2) is 0 Å². The van der Waals surface area contributed by atoms with Crippen molar-refractivity contribution in [3.05, 3.63) is 60.4 Å². The molecule has 0 bridgehead atoms. The average Bonchev–Trinajstić information content (AvgIpc) is 2.42. The van der Waals surface area contributed by atoms with Gasteiger partial charge in [0.05, 0.1) is 12.7 Å². The van der Waals surface area contributed by atoms with E-state index >= 15 is 0 Å². The van der Waals surface area contributed by atoms with Crippen molar-refractivity contribution in [1.29, 1.82) is 0 Å². The summed E-state index contributed by atoms with van der Waals surface area (Å²) in [6.45, 7) is 6.46. The van der Waals surface area contributed by atoms with Crippen LogP contribution in [-0.2, 0) is 16.0 Å². The zero-order chi connectivity index (χ0) is 14.8. The summed E-state index contributed by atoms with van der Waals surface area (Å²) < 4.78 is 5.08. The molecule has 0 spiro atoms. The minimum absolute atomic E-state index is 0.224. The van der Waals surface area contributed by atoms with Crippen molar-refractivity contribution in [2.45, 2.75) is 33.6 Å². The summed E-state index contributed by atoms with van der Waals surface area (Å²) >= 11 is 0. The Morgan fingerprint density at radius 1 is 1.15 bits per heavy atom. The molecule has 108 valence electrons. The van der Waals surface area contributed by atoms with E-state index in [9.17, 15) is 4.79 Å². The number of hydrogen-bond acceptors (Lipinski definition) is 2. The van der Waals surface area contributed by atoms with Crippen LogP contribution in [-0.4, -0.2) is 5.97 Å². The number of hydrogen-bond donors (Lipinski definition) is 0. The molecule has 1 atom stereocenters. The van der Waals surface area contributed by atoms with Gasteiger partial charge in [0.2, 0.25) is 0 Å². The first-order valence-electron chi connectivity index (χ1n) is 7.14. The van der Waals surface area contributed by atoms with E-state index in [1.165, 1.54) is 6.26 Å². The molecule has 1 unspecified atom stereocenters. The molecule has 0 N–H and O–H groups in total. The number of rotatable bonds is 7. The fourth-order valence-corrected chi connectivity index (χ4v) is 1.69. The predicted octanol–water partition coefficient (Wildman–Crippen LogP) is 4.52. The van der Waals surface area contributed by atoms with E-state index in [1.54, 1.807) is 0 Å². The first kappa shape index (κ1) is 16.2. The Labute approximate surface area is 122 Å². The molecule has 2 nitrogen and oxygen atoms in total. The normalized spacial score (nSPS) is 13.2. The van der Waals surface area contributed by atoms with E-state index in [4.69, 9.17) is 4.74 Å². The van der Waals surface area contributed by atoms with E-state index < -0.39 is 0 Å². The van der Waals surface area contributed by atoms with Crippen molar-refractivity contribution < 1.29 is 9.53 Å². The van der Waals surface area contributed by atoms with Gasteiger partial charge in [0.15, 0.2) is 0 Å². The van der Waals surface area contributed by atoms with Crippen molar-refractivity contribution in [2.24, 2.45) is 11.8 Å². The van der Waals surface area contributed by atoms with Crippen LogP contribution in [0.1, 0.15) is 32.8 Å². The van der Waals surface area contributed by atoms with Gasteiger partial charge in [-0.2, -0.15) is 0 Å². The second-order valence-corrected chi connectivity index (χ2v) is 5.37. The van der Waals surface area contributed by atoms with Gasteiger partial charge in [-0.15, -0.1) is 0 Å². The molecule has 20 heavy (non-hydrogen) atoms. The van der Waals surface area contributed by atoms with Crippen LogP contribution in [0.4, 0.5) is 0 Å². The maximum atomic E-state index is 11.6. The molecule has 0 saturated carbocycles. The number of ether oxygens (including phenoxy) is 1. The molecule has 0 amide bonds. The third kappa shape index (κ3) is 7.57. The molecule has 0 aliphatic heterocycles. The molecule has 1 aromatic rings. The summed E-state index contributed by atoms with van der Waals surface area (Å²) in [5.74, 6) is 0.810. The van der Waals surface area contributed by atoms with Crippen molar-refractivity contribution >= 4 is 5.97 Å². The third-order valence-corrected chi connectivity index (χ3v) is 2.82. The van der Waals surface area contributed by atoms with Crippen molar-refractivity contribution in [3.8, 4) is 0 Å². The zero-order valence-corrected chi connectivity index (χ0v) is 12.6. The van der Waals surface area contributed by atoms with Crippen molar-refractivity contribution in [1.82, 2.24) is 0 Å². The van der Waals surface area contributed by atoms with Crippen LogP contribution in [0.5, 0.6) is 0 Å². The van der Waals surface area contributed by atoms with Gasteiger partial charge >= 0.3 is 5.97 Å². The number of esters is 1. The summed E-state index contributed by atoms with van der Waals surface area (Å²) in [4.78, 5) is 11.6. The van der Waals surface area contributed by atoms with Crippen LogP contribution in [0, 0.1) is 11.8 Å². The molecule has 0 aliphatic carbocycles. The molecular weight excluding hydrogens is 248 g/mol. The number of carbonyl (C=O) groups is 1. The highest BCUT2D eigenvalue weighted by Crippen LogP contribution is 2.07. The van der Waals surface area contributed by atoms with Crippen molar-refractivity contribution in [2.75, 3.05) is 0 Å². The minimum Gasteiger partial charge on any atom is -0.435 e. The Morgan fingerprint density at radius 2 is 1.85 bits per heavy atom. The lowest BCUT2D eigenvalue weighted by molar-refractivity contribution is -0.137. The largest absolute Gasteiger partial charge is 0.435 e. The summed E-state index contributed by atoms with van der Waals surface area (Å²) in [5.41, 5.74) is 0.971. The first-order valence-corrected chi connectivity index (χ1v) is 7.14. The van der Waals surface area contributed by atoms with Gasteiger partial charge in [0, 0.05) is 0 Å². The third-order valence-electron chi connectivity index (χ3n) is 2.82. The Morgan fingerprint density at radius 3 is 2.50 bits per heavy atom. The van der Waals surface area contributed by atoms with Gasteiger partial charge in [-0.3, -0.25) is 4.79 Å². The second-order valence-electron chi connectivity index (χ2n) is 5.37. The number of carbonyl (C=O) groups excluding carboxylic acids is 1. The summed E-state index contributed by atoms with van der Waals surface area (Å²) in [6.07, 6.45) is 8.99. The molecule has 0 heterocycles. The summed E-state index contributed by atoms with van der Waals surface area (Å²) in [6, 6.07) is 9.61. The summed E-state index contributed by atoms with van der Waals surface area (Å²) in [7, 11) is 0. The smallest absolute Gasteiger partial charge is 0.315 e. The maximum absolute atomic E-state index is 11.6. The van der Waals surface area contributed by atoms with Gasteiger partial charge in [0.25, 0.3) is 0 Å². The molecule has 0 aliphatic rings. The van der Waals surface area contributed by atoms with Gasteiger partial charge in [-0.05, 0) is 29.9 Å². The van der Waals surface area contributed by atoms with E-state index in [-0.39, 0.29) is 5.97 Å². The maximum Gasteiger partial charge on any atom is 0.315 e. The molecule has 1 aromatic carbocycles. The van der Waals surface area contributed by atoms with Gasteiger partial charge < -0.3 is 4.74 Å². The average molecular weight is 272 g/mol. The fraction of sp³-hybridized carbons (Fsp3) is 0.389. The van der Waals surface area contributed by atoms with Crippen LogP contribution in [0.25, 0.3) is 0 Å². The minimum atomic E-state index is -0.224. The monoisotopic (exact) mass is 272 g/mol. The summed E-state index contributed by atoms with van der Waals surface area (Å²) in [5, 5.41) is 0. The molecular formula is C18H24O2. The first-order chi connectivity index (χ1) is 9.58. The van der Waals surface area contributed by atoms with E-state index in [0.717, 1.165) is 12.0 Å². The molecule has 0 saturated heterocycles. The second kappa shape index (κ2) is 9.13. The molecule has 1 rings (SSSR count). The van der Waals surface area contributed by atoms with E-state index in [0.29, 0.717) is 18.3 Å². The highest BCUT2D eigenvalue weighted by atomic mass is 16.5. The topological polar surface area (TPSA) is 26.3 Å². The Balaban J connectivity index is 2.25. The number of allylic oxidation sites excluding steroid dienone is 3. The van der Waals surface area contributed by atoms with Crippen LogP contribution in [0.15, 0.2) is 54.8 Å². The quantitative estimate of drug-likeness (QED) is 0.414. The van der Waals surface area contributed by atoms with Gasteiger partial charge in [-0.1, -0.05) is 63.3 Å². The van der Waals surface area contributed by atoms with E-state index in [2.05, 4.69) is 32.9 Å². The number of benzene rings is 1.